The third kappa shape index (κ3) is 4.85. The van der Waals surface area contributed by atoms with Crippen LogP contribution in [-0.2, 0) is 0 Å². The maximum atomic E-state index is 10.7. The van der Waals surface area contributed by atoms with Gasteiger partial charge >= 0.3 is 5.69 Å². The summed E-state index contributed by atoms with van der Waals surface area (Å²) in [7, 11) is 0. The second-order valence-corrected chi connectivity index (χ2v) is 5.24. The Balaban J connectivity index is 2.49. The van der Waals surface area contributed by atoms with Gasteiger partial charge < -0.3 is 4.74 Å². The highest BCUT2D eigenvalue weighted by atomic mass is 16.6. The molecule has 17 heavy (non-hydrogen) atoms. The molecule has 0 bridgehead atoms. The molecule has 1 rings (SSSR count). The minimum absolute atomic E-state index is 0.0308. The summed E-state index contributed by atoms with van der Waals surface area (Å²) >= 11 is 0. The van der Waals surface area contributed by atoms with Crippen LogP contribution in [0.25, 0.3) is 0 Å². The van der Waals surface area contributed by atoms with Crippen molar-refractivity contribution in [3.63, 3.8) is 0 Å². The zero-order valence-electron chi connectivity index (χ0n) is 10.6. The molecule has 0 saturated carbocycles. The van der Waals surface area contributed by atoms with Gasteiger partial charge in [0, 0.05) is 6.07 Å². The Morgan fingerprint density at radius 3 is 2.53 bits per heavy atom. The van der Waals surface area contributed by atoms with E-state index >= 15 is 0 Å². The Morgan fingerprint density at radius 1 is 1.29 bits per heavy atom. The molecule has 4 nitrogen and oxygen atoms in total. The quantitative estimate of drug-likeness (QED) is 0.444. The number of para-hydroxylation sites is 2. The molecule has 0 amide bonds. The number of hydrogen-bond acceptors (Lipinski definition) is 3. The number of nitro benzene ring substituents is 1. The molecule has 0 unspecified atom stereocenters. The normalized spacial score (nSPS) is 11.2. The van der Waals surface area contributed by atoms with Gasteiger partial charge in [0.05, 0.1) is 11.5 Å². The van der Waals surface area contributed by atoms with E-state index in [0.29, 0.717) is 12.4 Å². The fourth-order valence-electron chi connectivity index (χ4n) is 1.51. The number of nitrogens with zero attached hydrogens (tertiary/aromatic N) is 1. The molecule has 0 aromatic heterocycles. The summed E-state index contributed by atoms with van der Waals surface area (Å²) in [6, 6.07) is 6.47. The van der Waals surface area contributed by atoms with Crippen molar-refractivity contribution in [2.24, 2.45) is 5.41 Å². The van der Waals surface area contributed by atoms with E-state index in [1.54, 1.807) is 18.2 Å². The van der Waals surface area contributed by atoms with Crippen LogP contribution in [0, 0.1) is 15.5 Å². The van der Waals surface area contributed by atoms with E-state index in [1.165, 1.54) is 6.07 Å². The van der Waals surface area contributed by atoms with Crippen molar-refractivity contribution in [3.8, 4) is 5.75 Å². The molecule has 94 valence electrons. The van der Waals surface area contributed by atoms with E-state index in [0.717, 1.165) is 12.8 Å². The van der Waals surface area contributed by atoms with Crippen LogP contribution in [0.3, 0.4) is 0 Å². The lowest BCUT2D eigenvalue weighted by atomic mass is 9.91. The van der Waals surface area contributed by atoms with Gasteiger partial charge in [0.1, 0.15) is 0 Å². The van der Waals surface area contributed by atoms with Gasteiger partial charge in [-0.25, -0.2) is 0 Å². The summed E-state index contributed by atoms with van der Waals surface area (Å²) in [5.74, 6) is 0.353. The van der Waals surface area contributed by atoms with Crippen molar-refractivity contribution >= 4 is 5.69 Å². The van der Waals surface area contributed by atoms with Crippen LogP contribution < -0.4 is 4.74 Å². The van der Waals surface area contributed by atoms with Crippen LogP contribution in [-0.4, -0.2) is 11.5 Å². The number of benzene rings is 1. The number of hydrogen-bond donors (Lipinski definition) is 0. The van der Waals surface area contributed by atoms with Crippen molar-refractivity contribution in [1.29, 1.82) is 0 Å². The smallest absolute Gasteiger partial charge is 0.310 e. The summed E-state index contributed by atoms with van der Waals surface area (Å²) in [4.78, 5) is 10.3. The maximum absolute atomic E-state index is 10.7. The van der Waals surface area contributed by atoms with Gasteiger partial charge in [0.15, 0.2) is 5.75 Å². The Labute approximate surface area is 102 Å². The van der Waals surface area contributed by atoms with Gasteiger partial charge in [-0.1, -0.05) is 32.9 Å². The SMILES string of the molecule is CC(C)(C)CCCOc1ccccc1[N+](=O)[O-]. The van der Waals surface area contributed by atoms with Gasteiger partial charge in [0.25, 0.3) is 0 Å². The Hall–Kier alpha value is -1.58. The highest BCUT2D eigenvalue weighted by Gasteiger charge is 2.14. The van der Waals surface area contributed by atoms with Crippen molar-refractivity contribution in [3.05, 3.63) is 34.4 Å². The van der Waals surface area contributed by atoms with E-state index in [4.69, 9.17) is 4.74 Å². The molecule has 0 aliphatic carbocycles. The molecule has 0 spiro atoms. The molecule has 1 aromatic carbocycles. The molecule has 0 atom stereocenters. The molecule has 4 heteroatoms. The second-order valence-electron chi connectivity index (χ2n) is 5.24. The first-order valence-corrected chi connectivity index (χ1v) is 5.76. The van der Waals surface area contributed by atoms with Gasteiger partial charge in [-0.15, -0.1) is 0 Å². The van der Waals surface area contributed by atoms with Gasteiger partial charge in [0.2, 0.25) is 0 Å². The fourth-order valence-corrected chi connectivity index (χ4v) is 1.51. The molecule has 0 aliphatic heterocycles. The minimum atomic E-state index is -0.418. The highest BCUT2D eigenvalue weighted by Crippen LogP contribution is 2.26. The van der Waals surface area contributed by atoms with Crippen LogP contribution in [0.1, 0.15) is 33.6 Å². The van der Waals surface area contributed by atoms with E-state index < -0.39 is 4.92 Å². The number of rotatable bonds is 5. The first-order chi connectivity index (χ1) is 7.90. The fraction of sp³-hybridized carbons (Fsp3) is 0.538. The summed E-state index contributed by atoms with van der Waals surface area (Å²) < 4.78 is 5.45. The third-order valence-electron chi connectivity index (χ3n) is 2.39. The van der Waals surface area contributed by atoms with Crippen LogP contribution >= 0.6 is 0 Å². The second kappa shape index (κ2) is 5.66. The zero-order valence-corrected chi connectivity index (χ0v) is 10.6. The lowest BCUT2D eigenvalue weighted by Gasteiger charge is -2.17. The van der Waals surface area contributed by atoms with Crippen LogP contribution in [0.15, 0.2) is 24.3 Å². The molecule has 1 aromatic rings. The Morgan fingerprint density at radius 2 is 1.94 bits per heavy atom. The summed E-state index contributed by atoms with van der Waals surface area (Å²) in [6.07, 6.45) is 1.93. The topological polar surface area (TPSA) is 52.4 Å². The zero-order chi connectivity index (χ0) is 12.9. The standard InChI is InChI=1S/C13H19NO3/c1-13(2,3)9-6-10-17-12-8-5-4-7-11(12)14(15)16/h4-5,7-8H,6,9-10H2,1-3H3. The predicted molar refractivity (Wildman–Crippen MR) is 67.3 cm³/mol. The summed E-state index contributed by atoms with van der Waals surface area (Å²) in [5, 5.41) is 10.7. The predicted octanol–water partition coefficient (Wildman–Crippen LogP) is 3.80. The summed E-state index contributed by atoms with van der Waals surface area (Å²) in [5.41, 5.74) is 0.301. The average Bonchev–Trinajstić information content (AvgIpc) is 2.23. The van der Waals surface area contributed by atoms with Crippen molar-refractivity contribution < 1.29 is 9.66 Å². The van der Waals surface area contributed by atoms with E-state index in [9.17, 15) is 10.1 Å². The lowest BCUT2D eigenvalue weighted by Crippen LogP contribution is -2.08. The van der Waals surface area contributed by atoms with Crippen molar-refractivity contribution in [2.75, 3.05) is 6.61 Å². The van der Waals surface area contributed by atoms with Gasteiger partial charge in [-0.3, -0.25) is 10.1 Å². The van der Waals surface area contributed by atoms with Crippen LogP contribution in [0.2, 0.25) is 0 Å². The van der Waals surface area contributed by atoms with E-state index in [2.05, 4.69) is 20.8 Å². The molecule has 0 fully saturated rings. The molecular formula is C13H19NO3. The maximum Gasteiger partial charge on any atom is 0.310 e. The molecular weight excluding hydrogens is 218 g/mol. The molecule has 0 radical (unpaired) electrons. The Kier molecular flexibility index (Phi) is 4.49. The number of nitro groups is 1. The van der Waals surface area contributed by atoms with Crippen molar-refractivity contribution in [1.82, 2.24) is 0 Å². The Bertz CT molecular complexity index is 382. The van der Waals surface area contributed by atoms with Gasteiger partial charge in [-0.05, 0) is 24.3 Å². The molecule has 0 saturated heterocycles. The minimum Gasteiger partial charge on any atom is -0.487 e. The molecule has 0 heterocycles. The third-order valence-corrected chi connectivity index (χ3v) is 2.39. The monoisotopic (exact) mass is 237 g/mol. The van der Waals surface area contributed by atoms with Crippen LogP contribution in [0.5, 0.6) is 5.75 Å². The lowest BCUT2D eigenvalue weighted by molar-refractivity contribution is -0.385. The van der Waals surface area contributed by atoms with Crippen molar-refractivity contribution in [2.45, 2.75) is 33.6 Å². The average molecular weight is 237 g/mol. The first-order valence-electron chi connectivity index (χ1n) is 5.76. The molecule has 0 aliphatic rings. The van der Waals surface area contributed by atoms with E-state index in [1.807, 2.05) is 0 Å². The summed E-state index contributed by atoms with van der Waals surface area (Å²) in [6.45, 7) is 7.01. The largest absolute Gasteiger partial charge is 0.487 e. The number of ether oxygens (including phenoxy) is 1. The first kappa shape index (κ1) is 13.5. The van der Waals surface area contributed by atoms with E-state index in [-0.39, 0.29) is 11.1 Å². The van der Waals surface area contributed by atoms with Crippen LogP contribution in [0.4, 0.5) is 5.69 Å². The highest BCUT2D eigenvalue weighted by molar-refractivity contribution is 5.45. The molecule has 0 N–H and O–H groups in total. The van der Waals surface area contributed by atoms with Gasteiger partial charge in [-0.2, -0.15) is 0 Å².